The molecule has 3 nitrogen and oxygen atoms in total. The largest absolute Gasteiger partial charge is 0.507 e. The molecule has 0 aromatic heterocycles. The van der Waals surface area contributed by atoms with Crippen molar-refractivity contribution < 1.29 is 14.7 Å². The van der Waals surface area contributed by atoms with Gasteiger partial charge in [-0.25, -0.2) is 0 Å². The fourth-order valence-electron chi connectivity index (χ4n) is 7.40. The van der Waals surface area contributed by atoms with Crippen LogP contribution in [0.3, 0.4) is 0 Å². The molecule has 2 bridgehead atoms. The molecular weight excluding hydrogens is 360 g/mol. The molecule has 6 unspecified atom stereocenters. The lowest BCUT2D eigenvalue weighted by Crippen LogP contribution is -2.50. The van der Waals surface area contributed by atoms with E-state index in [9.17, 15) is 14.7 Å². The van der Waals surface area contributed by atoms with E-state index in [1.807, 2.05) is 6.08 Å². The van der Waals surface area contributed by atoms with Gasteiger partial charge >= 0.3 is 0 Å². The van der Waals surface area contributed by atoms with Crippen molar-refractivity contribution in [2.24, 2.45) is 34.5 Å². The third-order valence-electron chi connectivity index (χ3n) is 9.53. The van der Waals surface area contributed by atoms with Crippen LogP contribution in [-0.2, 0) is 9.59 Å². The number of rotatable bonds is 2. The molecule has 6 atom stereocenters. The van der Waals surface area contributed by atoms with Gasteiger partial charge in [-0.15, -0.1) is 0 Å². The van der Waals surface area contributed by atoms with E-state index in [2.05, 4.69) is 39.8 Å². The maximum atomic E-state index is 13.1. The lowest BCUT2D eigenvalue weighted by molar-refractivity contribution is -0.133. The molecule has 0 spiro atoms. The van der Waals surface area contributed by atoms with E-state index in [0.29, 0.717) is 29.4 Å². The number of carbonyl (C=O) groups is 2. The predicted octanol–water partition coefficient (Wildman–Crippen LogP) is 5.64. The van der Waals surface area contributed by atoms with Crippen molar-refractivity contribution in [2.45, 2.75) is 66.2 Å². The SMILES string of the molecule is CC1=CCCC2C1(C)CCC(C)C2(C)CC1=C(O)C2=C(C(=O)C1=O)C1C=CC2C1. The summed E-state index contributed by atoms with van der Waals surface area (Å²) in [6, 6.07) is 0. The number of aliphatic hydroxyl groups excluding tert-OH is 1. The van der Waals surface area contributed by atoms with Crippen molar-refractivity contribution in [1.82, 2.24) is 0 Å². The minimum Gasteiger partial charge on any atom is -0.507 e. The van der Waals surface area contributed by atoms with Crippen LogP contribution in [0.15, 0.2) is 46.3 Å². The molecule has 1 fully saturated rings. The van der Waals surface area contributed by atoms with Crippen molar-refractivity contribution in [1.29, 1.82) is 0 Å². The first-order chi connectivity index (χ1) is 13.7. The number of aliphatic hydroxyl groups is 1. The third-order valence-corrected chi connectivity index (χ3v) is 9.53. The summed E-state index contributed by atoms with van der Waals surface area (Å²) in [5.74, 6) is 0.347. The molecule has 0 heterocycles. The first-order valence-electron chi connectivity index (χ1n) is 11.3. The monoisotopic (exact) mass is 392 g/mol. The molecule has 1 saturated carbocycles. The molecule has 5 aliphatic carbocycles. The lowest BCUT2D eigenvalue weighted by atomic mass is 9.46. The van der Waals surface area contributed by atoms with Crippen LogP contribution in [0.1, 0.15) is 66.2 Å². The van der Waals surface area contributed by atoms with Crippen LogP contribution < -0.4 is 0 Å². The molecule has 1 N–H and O–H groups in total. The molecule has 0 aromatic carbocycles. The van der Waals surface area contributed by atoms with Crippen LogP contribution in [0.4, 0.5) is 0 Å². The molecule has 154 valence electrons. The average molecular weight is 393 g/mol. The van der Waals surface area contributed by atoms with Gasteiger partial charge in [0.2, 0.25) is 11.6 Å². The highest BCUT2D eigenvalue weighted by Gasteiger charge is 2.55. The van der Waals surface area contributed by atoms with E-state index in [0.717, 1.165) is 31.3 Å². The number of ketones is 2. The van der Waals surface area contributed by atoms with Crippen molar-refractivity contribution in [3.05, 3.63) is 46.3 Å². The Labute approximate surface area is 173 Å². The zero-order valence-corrected chi connectivity index (χ0v) is 18.0. The number of fused-ring (bicyclic) bond motifs is 5. The highest BCUT2D eigenvalue weighted by atomic mass is 16.3. The van der Waals surface area contributed by atoms with Gasteiger partial charge in [0.05, 0.1) is 0 Å². The zero-order valence-electron chi connectivity index (χ0n) is 18.0. The second-order valence-corrected chi connectivity index (χ2v) is 10.7. The Balaban J connectivity index is 1.57. The topological polar surface area (TPSA) is 54.4 Å². The summed E-state index contributed by atoms with van der Waals surface area (Å²) in [5, 5.41) is 11.2. The summed E-state index contributed by atoms with van der Waals surface area (Å²) in [4.78, 5) is 26.1. The highest BCUT2D eigenvalue weighted by molar-refractivity contribution is 6.50. The summed E-state index contributed by atoms with van der Waals surface area (Å²) in [6.07, 6.45) is 12.3. The maximum Gasteiger partial charge on any atom is 0.232 e. The molecule has 0 aliphatic heterocycles. The minimum absolute atomic E-state index is 0.0220. The standard InChI is InChI=1S/C26H32O3/c1-14-6-5-7-19-25(14,3)11-10-15(2)26(19,4)13-18-22(27)20-16-8-9-17(12-16)21(20)24(29)23(18)28/h6,8-9,15-17,19,27H,5,7,10-13H2,1-4H3. The van der Waals surface area contributed by atoms with Gasteiger partial charge in [0, 0.05) is 28.6 Å². The van der Waals surface area contributed by atoms with Gasteiger partial charge in [0.1, 0.15) is 5.76 Å². The molecule has 0 amide bonds. The Kier molecular flexibility index (Phi) is 3.99. The van der Waals surface area contributed by atoms with Crippen molar-refractivity contribution in [3.8, 4) is 0 Å². The molecular formula is C26H32O3. The molecule has 0 radical (unpaired) electrons. The number of hydrogen-bond acceptors (Lipinski definition) is 3. The summed E-state index contributed by atoms with van der Waals surface area (Å²) in [7, 11) is 0. The van der Waals surface area contributed by atoms with Gasteiger partial charge in [0.15, 0.2) is 0 Å². The van der Waals surface area contributed by atoms with Crippen LogP contribution in [0, 0.1) is 34.5 Å². The van der Waals surface area contributed by atoms with Crippen molar-refractivity contribution in [2.75, 3.05) is 0 Å². The Bertz CT molecular complexity index is 945. The Hall–Kier alpha value is -1.90. The second-order valence-electron chi connectivity index (χ2n) is 10.7. The fraction of sp³-hybridized carbons (Fsp3) is 0.615. The molecule has 29 heavy (non-hydrogen) atoms. The van der Waals surface area contributed by atoms with E-state index in [4.69, 9.17) is 0 Å². The van der Waals surface area contributed by atoms with Gasteiger partial charge in [-0.2, -0.15) is 0 Å². The summed E-state index contributed by atoms with van der Waals surface area (Å²) < 4.78 is 0. The van der Waals surface area contributed by atoms with E-state index in [1.165, 1.54) is 12.0 Å². The van der Waals surface area contributed by atoms with E-state index < -0.39 is 5.78 Å². The van der Waals surface area contributed by atoms with Gasteiger partial charge in [0.25, 0.3) is 0 Å². The Morgan fingerprint density at radius 2 is 1.76 bits per heavy atom. The number of Topliss-reactive ketones (excluding diaryl/α,β-unsaturated/α-hetero) is 2. The Morgan fingerprint density at radius 1 is 1.07 bits per heavy atom. The normalized spacial score (nSPS) is 43.7. The van der Waals surface area contributed by atoms with Crippen LogP contribution >= 0.6 is 0 Å². The molecule has 5 aliphatic rings. The van der Waals surface area contributed by atoms with Crippen LogP contribution in [0.2, 0.25) is 0 Å². The summed E-state index contributed by atoms with van der Waals surface area (Å²) in [6.45, 7) is 9.25. The molecule has 5 rings (SSSR count). The second kappa shape index (κ2) is 6.06. The quantitative estimate of drug-likeness (QED) is 0.376. The first-order valence-corrected chi connectivity index (χ1v) is 11.3. The molecule has 3 heteroatoms. The highest BCUT2D eigenvalue weighted by Crippen LogP contribution is 2.62. The lowest BCUT2D eigenvalue weighted by Gasteiger charge is -2.58. The first kappa shape index (κ1) is 19.1. The van der Waals surface area contributed by atoms with E-state index in [-0.39, 0.29) is 34.2 Å². The zero-order chi connectivity index (χ0) is 20.7. The van der Waals surface area contributed by atoms with Gasteiger partial charge < -0.3 is 5.11 Å². The average Bonchev–Trinajstić information content (AvgIpc) is 3.30. The van der Waals surface area contributed by atoms with Gasteiger partial charge in [-0.05, 0) is 68.1 Å². The van der Waals surface area contributed by atoms with E-state index in [1.54, 1.807) is 0 Å². The van der Waals surface area contributed by atoms with Gasteiger partial charge in [-0.1, -0.05) is 44.6 Å². The number of allylic oxidation sites excluding steroid dienone is 7. The number of carbonyl (C=O) groups excluding carboxylic acids is 2. The summed E-state index contributed by atoms with van der Waals surface area (Å²) >= 11 is 0. The van der Waals surface area contributed by atoms with Crippen molar-refractivity contribution >= 4 is 11.6 Å². The van der Waals surface area contributed by atoms with E-state index >= 15 is 0 Å². The fourth-order valence-corrected chi connectivity index (χ4v) is 7.40. The third kappa shape index (κ3) is 2.36. The molecule has 0 saturated heterocycles. The van der Waals surface area contributed by atoms with Crippen LogP contribution in [-0.4, -0.2) is 16.7 Å². The van der Waals surface area contributed by atoms with Gasteiger partial charge in [-0.3, -0.25) is 9.59 Å². The summed E-state index contributed by atoms with van der Waals surface area (Å²) in [5.41, 5.74) is 3.24. The van der Waals surface area contributed by atoms with Crippen LogP contribution in [0.25, 0.3) is 0 Å². The number of hydrogen-bond donors (Lipinski definition) is 1. The predicted molar refractivity (Wildman–Crippen MR) is 113 cm³/mol. The molecule has 0 aromatic rings. The van der Waals surface area contributed by atoms with Crippen LogP contribution in [0.5, 0.6) is 0 Å². The minimum atomic E-state index is -0.453. The van der Waals surface area contributed by atoms with Crippen molar-refractivity contribution in [3.63, 3.8) is 0 Å². The Morgan fingerprint density at radius 3 is 2.48 bits per heavy atom. The maximum absolute atomic E-state index is 13.1. The smallest absolute Gasteiger partial charge is 0.232 e.